The fourth-order valence-corrected chi connectivity index (χ4v) is 2.39. The summed E-state index contributed by atoms with van der Waals surface area (Å²) >= 11 is 0. The van der Waals surface area contributed by atoms with Gasteiger partial charge in [-0.3, -0.25) is 9.63 Å². The van der Waals surface area contributed by atoms with E-state index in [2.05, 4.69) is 59.2 Å². The fraction of sp³-hybridized carbons (Fsp3) is 0.571. The molecule has 0 bridgehead atoms. The lowest BCUT2D eigenvalue weighted by atomic mass is 9.76. The molecule has 0 saturated heterocycles. The molecule has 0 unspecified atom stereocenters. The summed E-state index contributed by atoms with van der Waals surface area (Å²) in [5.41, 5.74) is 5.37. The molecule has 5 nitrogen and oxygen atoms in total. The Morgan fingerprint density at radius 3 is 2.35 bits per heavy atom. The average Bonchev–Trinajstić information content (AvgIpc) is 2.64. The molecule has 0 fully saturated rings. The summed E-state index contributed by atoms with van der Waals surface area (Å²) in [6.07, 6.45) is 3.32. The third-order valence-corrected chi connectivity index (χ3v) is 5.20. The first-order valence-corrected chi connectivity index (χ1v) is 9.12. The van der Waals surface area contributed by atoms with E-state index in [1.807, 2.05) is 6.07 Å². The van der Waals surface area contributed by atoms with E-state index in [0.29, 0.717) is 6.29 Å². The largest absolute Gasteiger partial charge is 0.515 e. The number of aliphatic hydroxyl groups is 1. The van der Waals surface area contributed by atoms with Crippen molar-refractivity contribution in [3.05, 3.63) is 41.2 Å². The topological polar surface area (TPSA) is 67.8 Å². The number of aldehydes is 1. The second-order valence-corrected chi connectivity index (χ2v) is 7.73. The van der Waals surface area contributed by atoms with Gasteiger partial charge in [-0.1, -0.05) is 53.7 Å². The molecule has 0 aliphatic rings. The molecule has 0 spiro atoms. The Hall–Kier alpha value is -1.85. The number of rotatable bonds is 11. The van der Waals surface area contributed by atoms with Crippen LogP contribution < -0.4 is 10.2 Å². The van der Waals surface area contributed by atoms with Crippen molar-refractivity contribution in [3.8, 4) is 5.75 Å². The van der Waals surface area contributed by atoms with Crippen LogP contribution in [0.25, 0.3) is 0 Å². The summed E-state index contributed by atoms with van der Waals surface area (Å²) in [5.74, 6) is 0.817. The van der Waals surface area contributed by atoms with Crippen LogP contribution in [0.5, 0.6) is 5.75 Å². The van der Waals surface area contributed by atoms with Crippen LogP contribution in [0.2, 0.25) is 0 Å². The van der Waals surface area contributed by atoms with E-state index in [1.54, 1.807) is 0 Å². The summed E-state index contributed by atoms with van der Waals surface area (Å²) in [6, 6.07) is 6.39. The Labute approximate surface area is 157 Å². The predicted octanol–water partition coefficient (Wildman–Crippen LogP) is 4.56. The maximum Gasteiger partial charge on any atom is 0.161 e. The zero-order valence-electron chi connectivity index (χ0n) is 16.9. The van der Waals surface area contributed by atoms with E-state index < -0.39 is 0 Å². The Morgan fingerprint density at radius 2 is 1.81 bits per heavy atom. The smallest absolute Gasteiger partial charge is 0.161 e. The van der Waals surface area contributed by atoms with Gasteiger partial charge < -0.3 is 9.84 Å². The number of hydroxylamine groups is 1. The van der Waals surface area contributed by atoms with Crippen molar-refractivity contribution in [3.63, 3.8) is 0 Å². The zero-order chi connectivity index (χ0) is 19.8. The molecule has 0 aliphatic carbocycles. The zero-order valence-corrected chi connectivity index (χ0v) is 16.9. The van der Waals surface area contributed by atoms with Crippen molar-refractivity contribution in [2.45, 2.75) is 65.2 Å². The number of nitrogens with one attached hydrogen (secondary N) is 1. The molecule has 1 aromatic rings. The average molecular weight is 363 g/mol. The lowest BCUT2D eigenvalue weighted by Gasteiger charge is -2.30. The molecule has 0 heterocycles. The van der Waals surface area contributed by atoms with Crippen LogP contribution in [0.1, 0.15) is 65.5 Å². The van der Waals surface area contributed by atoms with Gasteiger partial charge in [0, 0.05) is 5.56 Å². The first-order valence-electron chi connectivity index (χ1n) is 9.12. The number of carbonyl (C=O) groups excluding carboxylic acids is 1. The Morgan fingerprint density at radius 1 is 1.15 bits per heavy atom. The van der Waals surface area contributed by atoms with Gasteiger partial charge in [0.2, 0.25) is 0 Å². The molecule has 0 radical (unpaired) electrons. The van der Waals surface area contributed by atoms with Crippen LogP contribution in [-0.2, 0) is 20.5 Å². The second-order valence-electron chi connectivity index (χ2n) is 7.73. The van der Waals surface area contributed by atoms with Crippen molar-refractivity contribution in [1.82, 2.24) is 5.48 Å². The molecule has 2 N–H and O–H groups in total. The molecule has 0 aromatic heterocycles. The van der Waals surface area contributed by atoms with Crippen LogP contribution in [0.3, 0.4) is 0 Å². The minimum Gasteiger partial charge on any atom is -0.515 e. The van der Waals surface area contributed by atoms with Crippen molar-refractivity contribution in [2.24, 2.45) is 0 Å². The van der Waals surface area contributed by atoms with Crippen molar-refractivity contribution >= 4 is 6.29 Å². The highest BCUT2D eigenvalue weighted by Crippen LogP contribution is 2.38. The van der Waals surface area contributed by atoms with E-state index in [4.69, 9.17) is 14.7 Å². The molecule has 0 amide bonds. The number of hydrogen-bond donors (Lipinski definition) is 2. The van der Waals surface area contributed by atoms with Crippen LogP contribution in [0.15, 0.2) is 30.0 Å². The van der Waals surface area contributed by atoms with Gasteiger partial charge in [0.1, 0.15) is 5.75 Å². The number of carbonyl (C=O) groups is 1. The maximum absolute atomic E-state index is 10.6. The Bertz CT molecular complexity index is 620. The molecular formula is C21H33NO4. The summed E-state index contributed by atoms with van der Waals surface area (Å²) in [7, 11) is 0. The van der Waals surface area contributed by atoms with Gasteiger partial charge in [-0.2, -0.15) is 5.48 Å². The van der Waals surface area contributed by atoms with Crippen molar-refractivity contribution in [2.75, 3.05) is 13.3 Å². The van der Waals surface area contributed by atoms with Crippen molar-refractivity contribution < 1.29 is 19.5 Å². The van der Waals surface area contributed by atoms with E-state index in [1.165, 1.54) is 11.1 Å². The molecule has 0 saturated carbocycles. The van der Waals surface area contributed by atoms with Gasteiger partial charge >= 0.3 is 0 Å². The van der Waals surface area contributed by atoms with E-state index >= 15 is 0 Å². The minimum absolute atomic E-state index is 0.0136. The molecule has 26 heavy (non-hydrogen) atoms. The molecule has 146 valence electrons. The number of ether oxygens (including phenoxy) is 1. The highest BCUT2D eigenvalue weighted by atomic mass is 16.7. The van der Waals surface area contributed by atoms with Gasteiger partial charge in [-0.25, -0.2) is 0 Å². The molecule has 1 rings (SSSR count). The summed E-state index contributed by atoms with van der Waals surface area (Å²) in [4.78, 5) is 15.7. The van der Waals surface area contributed by atoms with Crippen molar-refractivity contribution in [1.29, 1.82) is 0 Å². The van der Waals surface area contributed by atoms with Crippen LogP contribution in [-0.4, -0.2) is 24.7 Å². The third-order valence-electron chi connectivity index (χ3n) is 5.20. The Balaban J connectivity index is 2.88. The number of hydrogen-bond acceptors (Lipinski definition) is 5. The standard InChI is InChI=1S/C21H33NO4/c1-7-20(3,4)17-9-10-19(18(11-17)21(5,6)8-2)25-15-22-26-14-16(12-23)13-24/h9-13,22-23H,7-8,14-15H2,1-6H3/b16-12-. The quantitative estimate of drug-likeness (QED) is 0.151. The summed E-state index contributed by atoms with van der Waals surface area (Å²) in [5, 5.41) is 8.79. The van der Waals surface area contributed by atoms with Crippen LogP contribution in [0.4, 0.5) is 0 Å². The maximum atomic E-state index is 10.6. The molecule has 0 atom stereocenters. The molecule has 1 aromatic carbocycles. The summed E-state index contributed by atoms with van der Waals surface area (Å²) in [6.45, 7) is 13.4. The minimum atomic E-state index is -0.0275. The molecule has 0 aliphatic heterocycles. The first kappa shape index (κ1) is 22.2. The van der Waals surface area contributed by atoms with Gasteiger partial charge in [0.05, 0.1) is 18.4 Å². The van der Waals surface area contributed by atoms with Gasteiger partial charge in [0.15, 0.2) is 13.0 Å². The lowest BCUT2D eigenvalue weighted by Crippen LogP contribution is -2.25. The number of aliphatic hydroxyl groups excluding tert-OH is 1. The molecule has 5 heteroatoms. The summed E-state index contributed by atoms with van der Waals surface area (Å²) < 4.78 is 5.87. The number of benzene rings is 1. The van der Waals surface area contributed by atoms with Gasteiger partial charge in [-0.15, -0.1) is 0 Å². The third kappa shape index (κ3) is 5.85. The van der Waals surface area contributed by atoms with Gasteiger partial charge in [0.25, 0.3) is 0 Å². The van der Waals surface area contributed by atoms with Crippen LogP contribution >= 0.6 is 0 Å². The Kier molecular flexibility index (Phi) is 8.31. The van der Waals surface area contributed by atoms with Gasteiger partial charge in [-0.05, 0) is 35.3 Å². The van der Waals surface area contributed by atoms with E-state index in [-0.39, 0.29) is 29.7 Å². The van der Waals surface area contributed by atoms with Crippen LogP contribution in [0, 0.1) is 0 Å². The van der Waals surface area contributed by atoms with E-state index in [0.717, 1.165) is 24.9 Å². The predicted molar refractivity (Wildman–Crippen MR) is 104 cm³/mol. The monoisotopic (exact) mass is 363 g/mol. The SMILES string of the molecule is CCC(C)(C)c1ccc(OCNOC/C(C=O)=C\O)c(C(C)(C)CC)c1. The highest BCUT2D eigenvalue weighted by Gasteiger charge is 2.26. The molecular weight excluding hydrogens is 330 g/mol. The normalized spacial score (nSPS) is 12.9. The highest BCUT2D eigenvalue weighted by molar-refractivity contribution is 5.72. The first-order chi connectivity index (χ1) is 12.2. The fourth-order valence-electron chi connectivity index (χ4n) is 2.39. The second kappa shape index (κ2) is 9.74. The van der Waals surface area contributed by atoms with E-state index in [9.17, 15) is 4.79 Å². The lowest BCUT2D eigenvalue weighted by molar-refractivity contribution is -0.106.